The quantitative estimate of drug-likeness (QED) is 0.542. The van der Waals surface area contributed by atoms with Crippen molar-refractivity contribution in [3.05, 3.63) is 41.2 Å². The van der Waals surface area contributed by atoms with E-state index in [-0.39, 0.29) is 0 Å². The minimum absolute atomic E-state index is 0.327. The van der Waals surface area contributed by atoms with Gasteiger partial charge in [-0.25, -0.2) is 9.78 Å². The molecule has 3 N–H and O–H groups in total. The van der Waals surface area contributed by atoms with Crippen LogP contribution in [-0.4, -0.2) is 46.3 Å². The summed E-state index contributed by atoms with van der Waals surface area (Å²) in [6.07, 6.45) is 2.77. The molecule has 0 unspecified atom stereocenters. The zero-order valence-electron chi connectivity index (χ0n) is 16.4. The van der Waals surface area contributed by atoms with Crippen molar-refractivity contribution < 1.29 is 9.53 Å². The van der Waals surface area contributed by atoms with Crippen molar-refractivity contribution in [2.75, 3.05) is 31.3 Å². The van der Waals surface area contributed by atoms with E-state index in [4.69, 9.17) is 22.1 Å². The van der Waals surface area contributed by atoms with Crippen molar-refractivity contribution in [2.45, 2.75) is 25.9 Å². The van der Waals surface area contributed by atoms with Gasteiger partial charge in [-0.05, 0) is 30.5 Å². The molecule has 0 aliphatic carbocycles. The van der Waals surface area contributed by atoms with E-state index in [0.29, 0.717) is 54.1 Å². The Morgan fingerprint density at radius 3 is 2.90 bits per heavy atom. The highest BCUT2D eigenvalue weighted by Gasteiger charge is 2.12. The minimum atomic E-state index is -0.450. The molecule has 0 aliphatic heterocycles. The number of anilines is 2. The monoisotopic (exact) mass is 417 g/mol. The second kappa shape index (κ2) is 9.42. The van der Waals surface area contributed by atoms with Gasteiger partial charge in [-0.1, -0.05) is 23.7 Å². The number of unbranched alkanes of at least 4 members (excludes halogenated alkanes) is 1. The number of carbonyl (C=O) groups excluding carboxylic acids is 1. The normalized spacial score (nSPS) is 10.9. The summed E-state index contributed by atoms with van der Waals surface area (Å²) in [5.41, 5.74) is 8.17. The maximum Gasteiger partial charge on any atom is 0.407 e. The number of aromatic nitrogens is 4. The number of nitrogens with one attached hydrogen (secondary N) is 1. The van der Waals surface area contributed by atoms with Crippen LogP contribution >= 0.6 is 11.6 Å². The molecule has 3 rings (SSSR count). The number of halogens is 1. The second-order valence-corrected chi connectivity index (χ2v) is 7.18. The summed E-state index contributed by atoms with van der Waals surface area (Å²) in [5.74, 6) is 0.897. The highest BCUT2D eigenvalue weighted by Crippen LogP contribution is 2.19. The molecule has 9 nitrogen and oxygen atoms in total. The van der Waals surface area contributed by atoms with Gasteiger partial charge in [-0.2, -0.15) is 9.97 Å². The van der Waals surface area contributed by atoms with Crippen LogP contribution in [0.25, 0.3) is 11.2 Å². The van der Waals surface area contributed by atoms with Gasteiger partial charge in [-0.15, -0.1) is 0 Å². The average molecular weight is 418 g/mol. The van der Waals surface area contributed by atoms with Crippen LogP contribution in [0.1, 0.15) is 18.4 Å². The van der Waals surface area contributed by atoms with Crippen LogP contribution < -0.4 is 16.0 Å². The SMILES string of the molecule is CN(C)c1nc(N)c2ncn(CCCCOC(=O)NCc3cccc(Cl)c3)c2n1. The first-order chi connectivity index (χ1) is 13.9. The molecule has 0 bridgehead atoms. The first-order valence-corrected chi connectivity index (χ1v) is 9.62. The number of imidazole rings is 1. The first kappa shape index (κ1) is 20.7. The number of aryl methyl sites for hydroxylation is 1. The summed E-state index contributed by atoms with van der Waals surface area (Å²) in [7, 11) is 3.71. The third-order valence-electron chi connectivity index (χ3n) is 4.23. The molecule has 154 valence electrons. The number of carbonyl (C=O) groups is 1. The molecule has 0 atom stereocenters. The maximum absolute atomic E-state index is 11.8. The van der Waals surface area contributed by atoms with E-state index in [1.807, 2.05) is 30.8 Å². The van der Waals surface area contributed by atoms with Gasteiger partial charge in [0, 0.05) is 32.2 Å². The molecule has 0 aliphatic rings. The van der Waals surface area contributed by atoms with Crippen LogP contribution in [-0.2, 0) is 17.8 Å². The lowest BCUT2D eigenvalue weighted by atomic mass is 10.2. The smallest absolute Gasteiger partial charge is 0.407 e. The van der Waals surface area contributed by atoms with Gasteiger partial charge in [0.25, 0.3) is 0 Å². The van der Waals surface area contributed by atoms with Crippen molar-refractivity contribution in [3.63, 3.8) is 0 Å². The Balaban J connectivity index is 1.43. The summed E-state index contributed by atoms with van der Waals surface area (Å²) in [6, 6.07) is 7.31. The van der Waals surface area contributed by atoms with Crippen molar-refractivity contribution in [2.24, 2.45) is 0 Å². The van der Waals surface area contributed by atoms with Gasteiger partial charge >= 0.3 is 6.09 Å². The zero-order valence-corrected chi connectivity index (χ0v) is 17.2. The van der Waals surface area contributed by atoms with E-state index >= 15 is 0 Å². The Labute approximate surface area is 173 Å². The van der Waals surface area contributed by atoms with Crippen LogP contribution in [0.15, 0.2) is 30.6 Å². The predicted octanol–water partition coefficient (Wildman–Crippen LogP) is 2.83. The van der Waals surface area contributed by atoms with E-state index in [1.165, 1.54) is 0 Å². The summed E-state index contributed by atoms with van der Waals surface area (Å²) in [5, 5.41) is 3.34. The van der Waals surface area contributed by atoms with Crippen LogP contribution in [0.5, 0.6) is 0 Å². The first-order valence-electron chi connectivity index (χ1n) is 9.25. The van der Waals surface area contributed by atoms with Gasteiger partial charge < -0.3 is 25.3 Å². The van der Waals surface area contributed by atoms with Gasteiger partial charge in [0.2, 0.25) is 5.95 Å². The Hall–Kier alpha value is -3.07. The maximum atomic E-state index is 11.8. The molecule has 0 spiro atoms. The molecule has 1 aromatic carbocycles. The average Bonchev–Trinajstić information content (AvgIpc) is 3.10. The van der Waals surface area contributed by atoms with Gasteiger partial charge in [0.1, 0.15) is 5.52 Å². The minimum Gasteiger partial charge on any atom is -0.450 e. The number of hydrogen-bond donors (Lipinski definition) is 2. The number of alkyl carbamates (subject to hydrolysis) is 1. The van der Waals surface area contributed by atoms with E-state index in [0.717, 1.165) is 12.0 Å². The Bertz CT molecular complexity index is 990. The summed E-state index contributed by atoms with van der Waals surface area (Å²) in [6.45, 7) is 1.39. The lowest BCUT2D eigenvalue weighted by Crippen LogP contribution is -2.24. The molecule has 10 heteroatoms. The molecule has 2 heterocycles. The van der Waals surface area contributed by atoms with E-state index in [9.17, 15) is 4.79 Å². The van der Waals surface area contributed by atoms with Crippen molar-refractivity contribution in [1.29, 1.82) is 0 Å². The van der Waals surface area contributed by atoms with E-state index in [1.54, 1.807) is 23.4 Å². The fourth-order valence-corrected chi connectivity index (χ4v) is 2.95. The predicted molar refractivity (Wildman–Crippen MR) is 113 cm³/mol. The Kier molecular flexibility index (Phi) is 6.71. The molecule has 0 saturated heterocycles. The fourth-order valence-electron chi connectivity index (χ4n) is 2.74. The molecular formula is C19H24ClN7O2. The molecule has 29 heavy (non-hydrogen) atoms. The summed E-state index contributed by atoms with van der Waals surface area (Å²) < 4.78 is 7.14. The third kappa shape index (κ3) is 5.47. The molecule has 0 saturated carbocycles. The van der Waals surface area contributed by atoms with Crippen LogP contribution in [0.2, 0.25) is 5.02 Å². The Morgan fingerprint density at radius 1 is 1.31 bits per heavy atom. The number of hydrogen-bond acceptors (Lipinski definition) is 7. The van der Waals surface area contributed by atoms with Gasteiger partial charge in [-0.3, -0.25) is 0 Å². The van der Waals surface area contributed by atoms with Crippen molar-refractivity contribution in [3.8, 4) is 0 Å². The lowest BCUT2D eigenvalue weighted by molar-refractivity contribution is 0.143. The molecule has 1 amide bonds. The van der Waals surface area contributed by atoms with Crippen molar-refractivity contribution >= 4 is 40.6 Å². The van der Waals surface area contributed by atoms with Gasteiger partial charge in [0.05, 0.1) is 12.9 Å². The number of rotatable bonds is 8. The molecule has 3 aromatic rings. The number of fused-ring (bicyclic) bond motifs is 1. The van der Waals surface area contributed by atoms with E-state index < -0.39 is 6.09 Å². The van der Waals surface area contributed by atoms with E-state index in [2.05, 4.69) is 20.3 Å². The number of ether oxygens (including phenoxy) is 1. The largest absolute Gasteiger partial charge is 0.450 e. The molecule has 2 aromatic heterocycles. The molecular weight excluding hydrogens is 394 g/mol. The highest BCUT2D eigenvalue weighted by atomic mass is 35.5. The standard InChI is InChI=1S/C19H24ClN7O2/c1-26(2)18-24-16(21)15-17(25-18)27(12-23-15)8-3-4-9-29-19(28)22-11-13-6-5-7-14(20)10-13/h5-7,10,12H,3-4,8-9,11H2,1-2H3,(H,22,28)(H2,21,24,25). The van der Waals surface area contributed by atoms with Gasteiger partial charge in [0.15, 0.2) is 11.5 Å². The molecule has 0 radical (unpaired) electrons. The lowest BCUT2D eigenvalue weighted by Gasteiger charge is -2.11. The number of benzene rings is 1. The fraction of sp³-hybridized carbons (Fsp3) is 0.368. The number of nitrogen functional groups attached to an aromatic ring is 1. The number of amides is 1. The topological polar surface area (TPSA) is 111 Å². The summed E-state index contributed by atoms with van der Waals surface area (Å²) in [4.78, 5) is 26.6. The summed E-state index contributed by atoms with van der Waals surface area (Å²) >= 11 is 5.92. The second-order valence-electron chi connectivity index (χ2n) is 6.74. The zero-order chi connectivity index (χ0) is 20.8. The Morgan fingerprint density at radius 2 is 2.14 bits per heavy atom. The van der Waals surface area contributed by atoms with Crippen LogP contribution in [0, 0.1) is 0 Å². The van der Waals surface area contributed by atoms with Crippen LogP contribution in [0.3, 0.4) is 0 Å². The third-order valence-corrected chi connectivity index (χ3v) is 4.47. The highest BCUT2D eigenvalue weighted by molar-refractivity contribution is 6.30. The van der Waals surface area contributed by atoms with Crippen molar-refractivity contribution in [1.82, 2.24) is 24.8 Å². The number of nitrogens with two attached hydrogens (primary N) is 1. The molecule has 0 fully saturated rings. The van der Waals surface area contributed by atoms with Crippen LogP contribution in [0.4, 0.5) is 16.6 Å². The number of nitrogens with zero attached hydrogens (tertiary/aromatic N) is 5.